The number of nitriles is 1. The van der Waals surface area contributed by atoms with Crippen LogP contribution in [0.5, 0.6) is 5.75 Å². The van der Waals surface area contributed by atoms with E-state index in [1.165, 1.54) is 0 Å². The number of anilines is 1. The molecule has 3 rings (SSSR count). The average Bonchev–Trinajstić information content (AvgIpc) is 3.21. The lowest BCUT2D eigenvalue weighted by Crippen LogP contribution is -2.24. The van der Waals surface area contributed by atoms with E-state index in [1.54, 1.807) is 18.4 Å². The third-order valence-corrected chi connectivity index (χ3v) is 5.91. The van der Waals surface area contributed by atoms with Crippen LogP contribution in [-0.4, -0.2) is 23.9 Å². The Balaban J connectivity index is 1.91. The SMILES string of the molecule is CCCCN(Cc1ccccc1C#N)c1nnc(-c2cc(C)c(OC)c(C)c2)s1. The molecule has 150 valence electrons. The van der Waals surface area contributed by atoms with Crippen LogP contribution in [0, 0.1) is 25.2 Å². The number of nitrogens with zero attached hydrogens (tertiary/aromatic N) is 4. The first-order chi connectivity index (χ1) is 14.1. The fraction of sp³-hybridized carbons (Fsp3) is 0.348. The van der Waals surface area contributed by atoms with E-state index in [1.807, 2.05) is 38.1 Å². The van der Waals surface area contributed by atoms with Crippen molar-refractivity contribution in [3.05, 3.63) is 58.7 Å². The Morgan fingerprint density at radius 3 is 2.52 bits per heavy atom. The van der Waals surface area contributed by atoms with E-state index in [9.17, 15) is 5.26 Å². The highest BCUT2D eigenvalue weighted by atomic mass is 32.1. The van der Waals surface area contributed by atoms with E-state index in [0.717, 1.165) is 57.5 Å². The Hall–Kier alpha value is -2.91. The van der Waals surface area contributed by atoms with Crippen molar-refractivity contribution in [3.8, 4) is 22.4 Å². The van der Waals surface area contributed by atoms with Gasteiger partial charge in [0.05, 0.1) is 18.7 Å². The Kier molecular flexibility index (Phi) is 6.84. The summed E-state index contributed by atoms with van der Waals surface area (Å²) in [6, 6.07) is 14.2. The van der Waals surface area contributed by atoms with Crippen LogP contribution in [0.2, 0.25) is 0 Å². The zero-order valence-electron chi connectivity index (χ0n) is 17.4. The van der Waals surface area contributed by atoms with Crippen molar-refractivity contribution >= 4 is 16.5 Å². The summed E-state index contributed by atoms with van der Waals surface area (Å²) >= 11 is 1.59. The van der Waals surface area contributed by atoms with Gasteiger partial charge in [-0.2, -0.15) is 5.26 Å². The van der Waals surface area contributed by atoms with Crippen LogP contribution >= 0.6 is 11.3 Å². The largest absolute Gasteiger partial charge is 0.496 e. The molecular weight excluding hydrogens is 380 g/mol. The highest BCUT2D eigenvalue weighted by Gasteiger charge is 2.17. The molecule has 0 radical (unpaired) electrons. The molecule has 0 N–H and O–H groups in total. The molecule has 0 aliphatic heterocycles. The highest BCUT2D eigenvalue weighted by molar-refractivity contribution is 7.18. The van der Waals surface area contributed by atoms with Gasteiger partial charge in [0.25, 0.3) is 0 Å². The maximum absolute atomic E-state index is 9.42. The van der Waals surface area contributed by atoms with Crippen molar-refractivity contribution < 1.29 is 4.74 Å². The van der Waals surface area contributed by atoms with E-state index in [-0.39, 0.29) is 0 Å². The summed E-state index contributed by atoms with van der Waals surface area (Å²) in [5.41, 5.74) is 4.95. The van der Waals surface area contributed by atoms with Gasteiger partial charge in [-0.3, -0.25) is 0 Å². The van der Waals surface area contributed by atoms with Crippen LogP contribution in [0.1, 0.15) is 42.0 Å². The number of aromatic nitrogens is 2. The second-order valence-corrected chi connectivity index (χ2v) is 8.03. The Morgan fingerprint density at radius 1 is 1.14 bits per heavy atom. The average molecular weight is 407 g/mol. The quantitative estimate of drug-likeness (QED) is 0.494. The topological polar surface area (TPSA) is 62.0 Å². The minimum Gasteiger partial charge on any atom is -0.496 e. The summed E-state index contributed by atoms with van der Waals surface area (Å²) in [5.74, 6) is 0.913. The van der Waals surface area contributed by atoms with E-state index < -0.39 is 0 Å². The number of hydrogen-bond acceptors (Lipinski definition) is 6. The Bertz CT molecular complexity index is 999. The molecule has 0 aliphatic carbocycles. The summed E-state index contributed by atoms with van der Waals surface area (Å²) in [7, 11) is 1.70. The van der Waals surface area contributed by atoms with Crippen molar-refractivity contribution in [2.75, 3.05) is 18.6 Å². The number of benzene rings is 2. The maximum Gasteiger partial charge on any atom is 0.208 e. The van der Waals surface area contributed by atoms with Crippen LogP contribution in [0.4, 0.5) is 5.13 Å². The van der Waals surface area contributed by atoms with Crippen molar-refractivity contribution in [3.63, 3.8) is 0 Å². The molecule has 0 saturated heterocycles. The molecule has 0 aliphatic rings. The van der Waals surface area contributed by atoms with Gasteiger partial charge >= 0.3 is 0 Å². The lowest BCUT2D eigenvalue weighted by atomic mass is 10.1. The molecule has 0 unspecified atom stereocenters. The second-order valence-electron chi connectivity index (χ2n) is 7.08. The smallest absolute Gasteiger partial charge is 0.208 e. The van der Waals surface area contributed by atoms with Gasteiger partial charge in [-0.15, -0.1) is 10.2 Å². The third kappa shape index (κ3) is 4.75. The van der Waals surface area contributed by atoms with E-state index in [0.29, 0.717) is 12.1 Å². The molecule has 0 saturated carbocycles. The summed E-state index contributed by atoms with van der Waals surface area (Å²) < 4.78 is 5.48. The molecule has 0 atom stereocenters. The van der Waals surface area contributed by atoms with Gasteiger partial charge in [0.15, 0.2) is 0 Å². The fourth-order valence-corrected chi connectivity index (χ4v) is 4.28. The predicted molar refractivity (Wildman–Crippen MR) is 118 cm³/mol. The Morgan fingerprint density at radius 2 is 1.86 bits per heavy atom. The molecule has 0 bridgehead atoms. The number of hydrogen-bond donors (Lipinski definition) is 0. The van der Waals surface area contributed by atoms with Gasteiger partial charge in [-0.1, -0.05) is 42.9 Å². The molecular formula is C23H26N4OS. The summed E-state index contributed by atoms with van der Waals surface area (Å²) in [6.45, 7) is 7.80. The normalized spacial score (nSPS) is 10.6. The molecule has 2 aromatic carbocycles. The van der Waals surface area contributed by atoms with Crippen LogP contribution in [0.15, 0.2) is 36.4 Å². The van der Waals surface area contributed by atoms with E-state index >= 15 is 0 Å². The second kappa shape index (κ2) is 9.53. The lowest BCUT2D eigenvalue weighted by molar-refractivity contribution is 0.408. The molecule has 1 aromatic heterocycles. The molecule has 0 spiro atoms. The third-order valence-electron chi connectivity index (χ3n) is 4.88. The zero-order valence-corrected chi connectivity index (χ0v) is 18.2. The van der Waals surface area contributed by atoms with E-state index in [4.69, 9.17) is 4.74 Å². The monoisotopic (exact) mass is 406 g/mol. The van der Waals surface area contributed by atoms with Crippen LogP contribution in [-0.2, 0) is 6.54 Å². The fourth-order valence-electron chi connectivity index (χ4n) is 3.42. The molecule has 6 heteroatoms. The van der Waals surface area contributed by atoms with Crippen molar-refractivity contribution in [2.24, 2.45) is 0 Å². The number of ether oxygens (including phenoxy) is 1. The number of rotatable bonds is 8. The molecule has 0 fully saturated rings. The van der Waals surface area contributed by atoms with E-state index in [2.05, 4.69) is 40.2 Å². The lowest BCUT2D eigenvalue weighted by Gasteiger charge is -2.21. The van der Waals surface area contributed by atoms with Crippen LogP contribution in [0.3, 0.4) is 0 Å². The van der Waals surface area contributed by atoms with Gasteiger partial charge in [-0.05, 0) is 55.2 Å². The summed E-state index contributed by atoms with van der Waals surface area (Å²) in [5, 5.41) is 20.1. The molecule has 1 heterocycles. The molecule has 3 aromatic rings. The van der Waals surface area contributed by atoms with Gasteiger partial charge in [-0.25, -0.2) is 0 Å². The van der Waals surface area contributed by atoms with Gasteiger partial charge in [0.2, 0.25) is 5.13 Å². The first kappa shape index (κ1) is 20.8. The summed E-state index contributed by atoms with van der Waals surface area (Å²) in [6.07, 6.45) is 2.16. The minimum absolute atomic E-state index is 0.652. The number of unbranched alkanes of at least 4 members (excludes halogenated alkanes) is 1. The molecule has 29 heavy (non-hydrogen) atoms. The highest BCUT2D eigenvalue weighted by Crippen LogP contribution is 2.34. The number of methoxy groups -OCH3 is 1. The standard InChI is InChI=1S/C23H26N4OS/c1-5-6-11-27(15-19-10-8-7-9-18(19)14-24)23-26-25-22(29-23)20-12-16(2)21(28-4)17(3)13-20/h7-10,12-13H,5-6,11,15H2,1-4H3. The van der Waals surface area contributed by atoms with Gasteiger partial charge in [0.1, 0.15) is 10.8 Å². The van der Waals surface area contributed by atoms with Crippen LogP contribution in [0.25, 0.3) is 10.6 Å². The van der Waals surface area contributed by atoms with Crippen molar-refractivity contribution in [2.45, 2.75) is 40.2 Å². The molecule has 0 amide bonds. The van der Waals surface area contributed by atoms with Gasteiger partial charge in [0, 0.05) is 18.7 Å². The minimum atomic E-state index is 0.652. The first-order valence-electron chi connectivity index (χ1n) is 9.79. The van der Waals surface area contributed by atoms with Gasteiger partial charge < -0.3 is 9.64 Å². The zero-order chi connectivity index (χ0) is 20.8. The molecule has 5 nitrogen and oxygen atoms in total. The van der Waals surface area contributed by atoms with Crippen molar-refractivity contribution in [1.29, 1.82) is 5.26 Å². The number of aryl methyl sites for hydroxylation is 2. The first-order valence-corrected chi connectivity index (χ1v) is 10.6. The van der Waals surface area contributed by atoms with Crippen LogP contribution < -0.4 is 9.64 Å². The summed E-state index contributed by atoms with van der Waals surface area (Å²) in [4.78, 5) is 2.23. The van der Waals surface area contributed by atoms with Crippen molar-refractivity contribution in [1.82, 2.24) is 10.2 Å². The predicted octanol–water partition coefficient (Wildman–Crippen LogP) is 5.51. The maximum atomic E-state index is 9.42. The Labute approximate surface area is 176 Å².